The normalized spacial score (nSPS) is 11.8. The van der Waals surface area contributed by atoms with E-state index in [1.54, 1.807) is 42.6 Å². The predicted octanol–water partition coefficient (Wildman–Crippen LogP) is 23.1. The SMILES string of the molecule is CB=S.CC#N.CC#N.CCCC[Si](C)(C)O[Si](C)(C)O[Si](C)(C)O[Si](C)(C)O[Si](C)(C)CCCO.CCCC[Si](C)(C)O[Si](C)(C)O[Si](C)(C)O[Si](C)(C)O[Si](C)(C)CCCOC(=O)c1ccc(CBr)cc1.CCCC[Si](C)(C)O[Si](C)(C)O[Si](C)(C)O[Si](C)(C)O[Si](C)(C)CCCOC(=O)c1ccc(CSC(=S)OCC)cc1.CCOC(=S)[S-].O=C(Br)c1ccc(CBr)cc1.PB=NS.[B][B][B].[CH3-].[K+].[K+]. The van der Waals surface area contributed by atoms with Crippen molar-refractivity contribution in [3.05, 3.63) is 114 Å². The van der Waals surface area contributed by atoms with E-state index in [1.165, 1.54) is 82.5 Å². The predicted molar refractivity (Wildman–Crippen MR) is 668 cm³/mol. The van der Waals surface area contributed by atoms with Crippen LogP contribution in [0.1, 0.15) is 154 Å². The summed E-state index contributed by atoms with van der Waals surface area (Å²) in [5, 5.41) is 25.3. The average molecular weight is 2600 g/mol. The maximum absolute atomic E-state index is 12.6. The summed E-state index contributed by atoms with van der Waals surface area (Å²) in [7, 11) is -20.3. The Bertz CT molecular complexity index is 3920. The molecule has 0 fully saturated rings. The number of alkyl halides is 2. The van der Waals surface area contributed by atoms with Crippen molar-refractivity contribution in [3.8, 4) is 12.1 Å². The largest absolute Gasteiger partial charge is 1.00 e. The van der Waals surface area contributed by atoms with Gasteiger partial charge in [0.15, 0.2) is 49.9 Å². The number of halogens is 3. The van der Waals surface area contributed by atoms with E-state index in [9.17, 15) is 14.4 Å². The number of rotatable bonds is 53. The van der Waals surface area contributed by atoms with Gasteiger partial charge in [0.25, 0.3) is 0 Å². The molecule has 0 spiro atoms. The van der Waals surface area contributed by atoms with Crippen LogP contribution in [0.4, 0.5) is 0 Å². The molecule has 1 atom stereocenters. The van der Waals surface area contributed by atoms with E-state index in [1.807, 2.05) is 69.2 Å². The van der Waals surface area contributed by atoms with E-state index in [2.05, 4.69) is 348 Å². The number of nitriles is 2. The van der Waals surface area contributed by atoms with Crippen LogP contribution in [0.3, 0.4) is 0 Å². The molecule has 0 aliphatic rings. The molecule has 801 valence electrons. The fourth-order valence-corrected chi connectivity index (χ4v) is 91.0. The molecule has 0 aliphatic heterocycles. The number of carbonyl (C=O) groups excluding carboxylic acids is 3. The molecule has 0 bridgehead atoms. The summed E-state index contributed by atoms with van der Waals surface area (Å²) in [6, 6.07) is 32.1. The Balaban J connectivity index is -0.000000198. The van der Waals surface area contributed by atoms with Crippen LogP contribution in [0, 0.1) is 30.1 Å². The van der Waals surface area contributed by atoms with Gasteiger partial charge < -0.3 is 106 Å². The zero-order valence-electron chi connectivity index (χ0n) is 94.8. The first-order valence-electron chi connectivity index (χ1n) is 47.3. The summed E-state index contributed by atoms with van der Waals surface area (Å²) >= 11 is 32.8. The maximum atomic E-state index is 12.6. The molecule has 0 amide bonds. The summed E-state index contributed by atoms with van der Waals surface area (Å²) in [6.07, 6.45) is 11.1. The Hall–Kier alpha value is 4.17. The minimum Gasteiger partial charge on any atom is -0.358 e. The number of esters is 2. The van der Waals surface area contributed by atoms with Gasteiger partial charge in [-0.15, -0.1) is 0 Å². The van der Waals surface area contributed by atoms with E-state index in [0.29, 0.717) is 53.3 Å². The number of thiol groups is 1. The molecule has 142 heavy (non-hydrogen) atoms. The summed E-state index contributed by atoms with van der Waals surface area (Å²) in [5.74, 6) is 0.117. The van der Waals surface area contributed by atoms with Gasteiger partial charge >= 0.3 is 250 Å². The summed E-state index contributed by atoms with van der Waals surface area (Å²) in [6.45, 7) is 84.1. The summed E-state index contributed by atoms with van der Waals surface area (Å²) in [5.41, 5.74) is 5.19. The van der Waals surface area contributed by atoms with Crippen LogP contribution in [-0.4, -0.2) is 226 Å². The molecule has 0 aromatic heterocycles. The second-order valence-electron chi connectivity index (χ2n) is 39.4. The number of hydrogen-bond acceptors (Lipinski definition) is 29. The van der Waals surface area contributed by atoms with Gasteiger partial charge in [0.2, 0.25) is 9.08 Å². The molecule has 0 saturated heterocycles. The van der Waals surface area contributed by atoms with E-state index in [4.69, 9.17) is 91.4 Å². The maximum Gasteiger partial charge on any atom is 1.00 e. The van der Waals surface area contributed by atoms with Crippen molar-refractivity contribution < 1.29 is 191 Å². The molecule has 1 unspecified atom stereocenters. The average Bonchev–Trinajstić information content (AvgIpc) is 0.818. The number of hydrogen-bond donors (Lipinski definition) is 2. The number of thiocarbonyl (C=S) groups is 2. The number of nitrogens with zero attached hydrogens (tertiary/aromatic N) is 3. The van der Waals surface area contributed by atoms with Gasteiger partial charge in [-0.25, -0.2) is 9.59 Å². The quantitative estimate of drug-likeness (QED) is 0.00507. The molecule has 3 aromatic rings. The Labute approximate surface area is 1030 Å². The second-order valence-corrected chi connectivity index (χ2v) is 104. The van der Waals surface area contributed by atoms with E-state index in [-0.39, 0.29) is 138 Å². The van der Waals surface area contributed by atoms with Gasteiger partial charge in [-0.3, -0.25) is 4.79 Å². The van der Waals surface area contributed by atoms with Crippen LogP contribution in [0.15, 0.2) is 77.1 Å². The van der Waals surface area contributed by atoms with Gasteiger partial charge in [-0.1, -0.05) is 151 Å². The first kappa shape index (κ1) is 166. The first-order chi connectivity index (χ1) is 63.5. The monoisotopic (exact) mass is 2600 g/mol. The molecular weight excluding hydrogens is 2420 g/mol. The van der Waals surface area contributed by atoms with Crippen molar-refractivity contribution in [1.82, 2.24) is 0 Å². The fraction of sp³-hybridized carbons (Fsp3) is 0.701. The van der Waals surface area contributed by atoms with Crippen LogP contribution >= 0.6 is 118 Å². The number of aliphatic hydroxyl groups excluding tert-OH is 1. The molecule has 23 nitrogen and oxygen atoms in total. The number of carbonyl (C=O) groups is 3. The summed E-state index contributed by atoms with van der Waals surface area (Å²) in [4.78, 5) is 35.6. The van der Waals surface area contributed by atoms with Crippen molar-refractivity contribution in [2.75, 3.05) is 33.0 Å². The van der Waals surface area contributed by atoms with Crippen LogP contribution in [0.5, 0.6) is 0 Å². The van der Waals surface area contributed by atoms with Gasteiger partial charge in [-0.2, -0.15) is 10.5 Å². The van der Waals surface area contributed by atoms with E-state index < -0.39 is 127 Å². The van der Waals surface area contributed by atoms with Gasteiger partial charge in [-0.05, 0) is 335 Å². The molecule has 5 radical (unpaired) electrons. The second kappa shape index (κ2) is 88.0. The molecule has 3 aromatic carbocycles. The van der Waals surface area contributed by atoms with Crippen LogP contribution in [-0.2, 0) is 97.4 Å². The number of benzene rings is 3. The van der Waals surface area contributed by atoms with Gasteiger partial charge in [0.1, 0.15) is 0 Å². The van der Waals surface area contributed by atoms with Crippen LogP contribution in [0.25, 0.3) is 0 Å². The Morgan fingerprint density at radius 3 is 0.824 bits per heavy atom. The molecule has 0 aliphatic carbocycles. The van der Waals surface area contributed by atoms with Gasteiger partial charge in [0.05, 0.1) is 49.7 Å². The molecule has 3 rings (SSSR count). The van der Waals surface area contributed by atoms with E-state index in [0.717, 1.165) is 78.3 Å². The molecular formula is C87H179B5Br3K2N3O20PS6Si15. The molecule has 0 saturated carbocycles. The third-order valence-electron chi connectivity index (χ3n) is 17.5. The summed E-state index contributed by atoms with van der Waals surface area (Å²) < 4.78 is 105. The topological polar surface area (TPSA) is 279 Å². The number of ether oxygens (including phenoxy) is 4. The minimum absolute atomic E-state index is 0. The molecule has 0 heterocycles. The van der Waals surface area contributed by atoms with Crippen molar-refractivity contribution in [1.29, 1.82) is 10.5 Å². The zero-order chi connectivity index (χ0) is 110. The number of thioether (sulfide) groups is 1. The number of unbranched alkanes of at least 4 members (excludes halogenated alkanes) is 3. The van der Waals surface area contributed by atoms with Crippen molar-refractivity contribution in [2.24, 2.45) is 4.30 Å². The molecule has 1 N–H and O–H groups in total. The Kier molecular flexibility index (Phi) is 103. The van der Waals surface area contributed by atoms with E-state index >= 15 is 0 Å². The zero-order valence-corrected chi connectivity index (χ0v) is 127. The third-order valence-corrected chi connectivity index (χ3v) is 79.4. The standard InChI is InChI=1S/C28H56O7S2Si5.C25H51BrO6Si5.C17H46O5Si5.C8H6Br2O.C3H6OS2.2C2H3N.CH3BS.CH3.B3.BH3NPS.2K/c1-13-15-22-38(3,4)32-40(7,8)34-42(11,12)35-41(9,10)33-39(5,6)23-16-21-31-27(29)26-19-17-25(18-20-26)24-37-28(36)30-14-2;1-12-13-20-33(2,3)29-35(6,7)31-37(10,11)32-36(8,9)30-34(4,5)21-14-19-28-25(27)24-17-15-23(22-26)16-18-24;1-12-13-16-23(2,3)19-25(6,7)21-27(10,11)22-26(8,9)20-24(4,5)17-14-15-18;9-5-6-1-3-7(4-2-6)8(10)11;1-2-4-3(5)6;3*1-2-3;;1-3-2;3-1-2-4;;/h17-20H,13-16,21-24H2,1-12H3;15-18H,12-14,19-22H2,1-11H3;18H,12-17H2,1-11H3;1-4H,5H2;2H2,1H3,(H,5,6);3*1H3;1H3;;4H,3H2;;/q;;;;;;;;-1;;;2*+1/p-1. The number of aliphatic hydroxyl groups is 1. The van der Waals surface area contributed by atoms with Gasteiger partial charge in [0, 0.05) is 69.3 Å². The van der Waals surface area contributed by atoms with Crippen molar-refractivity contribution in [3.63, 3.8) is 0 Å². The minimum atomic E-state index is -2.48. The van der Waals surface area contributed by atoms with Crippen molar-refractivity contribution >= 4 is 318 Å². The van der Waals surface area contributed by atoms with Crippen LogP contribution in [0.2, 0.25) is 239 Å². The van der Waals surface area contributed by atoms with Crippen LogP contribution < -0.4 is 103 Å². The van der Waals surface area contributed by atoms with Crippen molar-refractivity contribution in [2.45, 2.75) is 362 Å². The smallest absolute Gasteiger partial charge is 0.358 e. The first-order valence-corrected chi connectivity index (χ1v) is 98.1. The Morgan fingerprint density at radius 2 is 0.641 bits per heavy atom. The fourth-order valence-electron chi connectivity index (χ4n) is 14.5. The Morgan fingerprint density at radius 1 is 0.437 bits per heavy atom. The third kappa shape index (κ3) is 102. The molecule has 55 heteroatoms.